The molecule has 1 heterocycles. The second-order valence-corrected chi connectivity index (χ2v) is 5.34. The molecule has 0 atom stereocenters. The van der Waals surface area contributed by atoms with Crippen molar-refractivity contribution in [3.05, 3.63) is 36.9 Å². The number of aliphatic imine (C=N–C) groups is 1. The summed E-state index contributed by atoms with van der Waals surface area (Å²) in [5, 5.41) is 6.15. The molecule has 1 aliphatic heterocycles. The molecular weight excluding hydrogens is 360 g/mol. The molecule has 0 bridgehead atoms. The van der Waals surface area contributed by atoms with Crippen molar-refractivity contribution in [2.45, 2.75) is 12.5 Å². The Morgan fingerprint density at radius 3 is 2.92 bits per heavy atom. The van der Waals surface area contributed by atoms with E-state index in [1.54, 1.807) is 17.0 Å². The Labute approximate surface area is 147 Å². The van der Waals surface area contributed by atoms with Gasteiger partial charge in [0.05, 0.1) is 6.54 Å². The molecule has 0 spiro atoms. The molecule has 2 N–H and O–H groups in total. The summed E-state index contributed by atoms with van der Waals surface area (Å²) >= 11 is 5.28. The fourth-order valence-electron chi connectivity index (χ4n) is 1.99. The fraction of sp³-hybridized carbons (Fsp3) is 0.333. The maximum absolute atomic E-state index is 13.0. The van der Waals surface area contributed by atoms with E-state index in [4.69, 9.17) is 12.2 Å². The number of ether oxygens (including phenoxy) is 1. The summed E-state index contributed by atoms with van der Waals surface area (Å²) in [4.78, 5) is 5.95. The minimum Gasteiger partial charge on any atom is -0.428 e. The van der Waals surface area contributed by atoms with Gasteiger partial charge in [0, 0.05) is 24.8 Å². The fourth-order valence-corrected chi connectivity index (χ4v) is 2.29. The number of alkyl halides is 4. The van der Waals surface area contributed by atoms with Crippen LogP contribution in [0.1, 0.15) is 0 Å². The van der Waals surface area contributed by atoms with E-state index in [9.17, 15) is 17.6 Å². The maximum atomic E-state index is 13.0. The van der Waals surface area contributed by atoms with E-state index in [-0.39, 0.29) is 5.11 Å². The highest BCUT2D eigenvalue weighted by Crippen LogP contribution is 2.28. The molecule has 0 fully saturated rings. The predicted octanol–water partition coefficient (Wildman–Crippen LogP) is 3.07. The van der Waals surface area contributed by atoms with E-state index >= 15 is 0 Å². The van der Waals surface area contributed by atoms with E-state index < -0.39 is 18.3 Å². The molecule has 136 valence electrons. The van der Waals surface area contributed by atoms with Crippen LogP contribution in [-0.2, 0) is 0 Å². The third-order valence-corrected chi connectivity index (χ3v) is 3.41. The number of hydrogen-bond donors (Lipinski definition) is 2. The molecule has 2 rings (SSSR count). The van der Waals surface area contributed by atoms with Gasteiger partial charge in [-0.3, -0.25) is 9.89 Å². The molecule has 25 heavy (non-hydrogen) atoms. The van der Waals surface area contributed by atoms with Crippen LogP contribution in [-0.4, -0.2) is 48.1 Å². The molecule has 0 unspecified atom stereocenters. The highest BCUT2D eigenvalue weighted by Gasteiger charge is 2.44. The Morgan fingerprint density at radius 1 is 1.48 bits per heavy atom. The minimum atomic E-state index is -4.57. The number of anilines is 1. The lowest BCUT2D eigenvalue weighted by Gasteiger charge is -2.22. The predicted molar refractivity (Wildman–Crippen MR) is 91.4 cm³/mol. The summed E-state index contributed by atoms with van der Waals surface area (Å²) in [5.74, 6) is 0.159. The number of hydrogen-bond acceptors (Lipinski definition) is 4. The molecule has 0 aliphatic carbocycles. The highest BCUT2D eigenvalue weighted by molar-refractivity contribution is 7.80. The van der Waals surface area contributed by atoms with Crippen LogP contribution >= 0.6 is 12.2 Å². The van der Waals surface area contributed by atoms with Gasteiger partial charge in [0.2, 0.25) is 5.96 Å². The van der Waals surface area contributed by atoms with E-state index in [1.165, 1.54) is 6.07 Å². The quantitative estimate of drug-likeness (QED) is 0.454. The Morgan fingerprint density at radius 2 is 2.24 bits per heavy atom. The molecule has 0 aromatic heterocycles. The van der Waals surface area contributed by atoms with E-state index in [0.29, 0.717) is 31.3 Å². The number of thiocarbonyl (C=S) groups is 1. The SMILES string of the molecule is C=CCNC1=NCCN1C(=S)Nc1cccc(OC(F)(F)C(F)F)c1. The lowest BCUT2D eigenvalue weighted by Crippen LogP contribution is -2.44. The van der Waals surface area contributed by atoms with Crippen molar-refractivity contribution < 1.29 is 22.3 Å². The standard InChI is InChI=1S/C15H16F4N4OS/c1-2-6-20-13-21-7-8-23(13)14(25)22-10-4-3-5-11(9-10)24-15(18,19)12(16)17/h2-5,9,12H,1,6-8H2,(H,20,21)(H,22,25). The second kappa shape index (κ2) is 8.15. The first-order valence-corrected chi connectivity index (χ1v) is 7.67. The van der Waals surface area contributed by atoms with Gasteiger partial charge in [0.25, 0.3) is 0 Å². The van der Waals surface area contributed by atoms with Crippen molar-refractivity contribution in [3.8, 4) is 5.75 Å². The molecule has 0 saturated heterocycles. The first kappa shape index (κ1) is 19.0. The number of nitrogens with zero attached hydrogens (tertiary/aromatic N) is 2. The van der Waals surface area contributed by atoms with Crippen LogP contribution in [0.5, 0.6) is 5.75 Å². The van der Waals surface area contributed by atoms with E-state index in [0.717, 1.165) is 12.1 Å². The third-order valence-electron chi connectivity index (χ3n) is 3.08. The van der Waals surface area contributed by atoms with Crippen LogP contribution in [0.4, 0.5) is 23.2 Å². The van der Waals surface area contributed by atoms with Gasteiger partial charge in [-0.25, -0.2) is 0 Å². The average molecular weight is 376 g/mol. The van der Waals surface area contributed by atoms with Crippen molar-refractivity contribution in [1.82, 2.24) is 10.2 Å². The first-order valence-electron chi connectivity index (χ1n) is 7.26. The normalized spacial score (nSPS) is 14.3. The van der Waals surface area contributed by atoms with Crippen LogP contribution in [0, 0.1) is 0 Å². The van der Waals surface area contributed by atoms with Gasteiger partial charge in [0.1, 0.15) is 5.75 Å². The second-order valence-electron chi connectivity index (χ2n) is 4.95. The van der Waals surface area contributed by atoms with Crippen molar-refractivity contribution in [2.24, 2.45) is 4.99 Å². The van der Waals surface area contributed by atoms with Crippen LogP contribution < -0.4 is 15.4 Å². The summed E-state index contributed by atoms with van der Waals surface area (Å²) in [5.41, 5.74) is 0.322. The molecule has 0 saturated carbocycles. The Bertz CT molecular complexity index is 669. The van der Waals surface area contributed by atoms with Crippen molar-refractivity contribution in [1.29, 1.82) is 0 Å². The molecular formula is C15H16F4N4OS. The van der Waals surface area contributed by atoms with Gasteiger partial charge >= 0.3 is 12.5 Å². The summed E-state index contributed by atoms with van der Waals surface area (Å²) in [7, 11) is 0. The van der Waals surface area contributed by atoms with Gasteiger partial charge in [-0.15, -0.1) is 6.58 Å². The first-order chi connectivity index (χ1) is 11.8. The number of guanidine groups is 1. The molecule has 1 aromatic rings. The molecule has 1 aromatic carbocycles. The number of benzene rings is 1. The zero-order valence-corrected chi connectivity index (χ0v) is 13.8. The van der Waals surface area contributed by atoms with Crippen molar-refractivity contribution >= 4 is 29.0 Å². The van der Waals surface area contributed by atoms with E-state index in [2.05, 4.69) is 26.9 Å². The maximum Gasteiger partial charge on any atom is 0.461 e. The summed E-state index contributed by atoms with van der Waals surface area (Å²) < 4.78 is 54.4. The zero-order valence-electron chi connectivity index (χ0n) is 13.0. The largest absolute Gasteiger partial charge is 0.461 e. The zero-order chi connectivity index (χ0) is 18.4. The van der Waals surface area contributed by atoms with Crippen molar-refractivity contribution in [3.63, 3.8) is 0 Å². The lowest BCUT2D eigenvalue weighted by molar-refractivity contribution is -0.253. The van der Waals surface area contributed by atoms with Gasteiger partial charge in [0.15, 0.2) is 5.11 Å². The summed E-state index contributed by atoms with van der Waals surface area (Å²) in [6.45, 7) is 5.19. The molecule has 5 nitrogen and oxygen atoms in total. The minimum absolute atomic E-state index is 0.283. The number of halogens is 4. The van der Waals surface area contributed by atoms with Crippen LogP contribution in [0.15, 0.2) is 41.9 Å². The smallest absolute Gasteiger partial charge is 0.428 e. The van der Waals surface area contributed by atoms with Gasteiger partial charge in [-0.2, -0.15) is 17.6 Å². The van der Waals surface area contributed by atoms with Crippen LogP contribution in [0.3, 0.4) is 0 Å². The third kappa shape index (κ3) is 5.05. The molecule has 0 amide bonds. The summed E-state index contributed by atoms with van der Waals surface area (Å²) in [6, 6.07) is 5.24. The number of rotatable bonds is 6. The van der Waals surface area contributed by atoms with Crippen LogP contribution in [0.2, 0.25) is 0 Å². The van der Waals surface area contributed by atoms with Crippen LogP contribution in [0.25, 0.3) is 0 Å². The van der Waals surface area contributed by atoms with Crippen molar-refractivity contribution in [2.75, 3.05) is 25.0 Å². The Balaban J connectivity index is 2.03. The van der Waals surface area contributed by atoms with E-state index in [1.807, 2.05) is 0 Å². The monoisotopic (exact) mass is 376 g/mol. The molecule has 0 radical (unpaired) electrons. The highest BCUT2D eigenvalue weighted by atomic mass is 32.1. The summed E-state index contributed by atoms with van der Waals surface area (Å²) in [6.07, 6.45) is -6.83. The van der Waals surface area contributed by atoms with Gasteiger partial charge in [-0.05, 0) is 24.4 Å². The Hall–Kier alpha value is -2.36. The van der Waals surface area contributed by atoms with Gasteiger partial charge in [-0.1, -0.05) is 12.1 Å². The lowest BCUT2D eigenvalue weighted by atomic mass is 10.3. The average Bonchev–Trinajstić information content (AvgIpc) is 3.01. The Kier molecular flexibility index (Phi) is 6.18. The van der Waals surface area contributed by atoms with Gasteiger partial charge < -0.3 is 15.4 Å². The topological polar surface area (TPSA) is 48.9 Å². The molecule has 10 heteroatoms. The molecule has 1 aliphatic rings. The number of nitrogens with one attached hydrogen (secondary N) is 2.